The lowest BCUT2D eigenvalue weighted by Gasteiger charge is -2.14. The minimum Gasteiger partial charge on any atom is -0.504 e. The lowest BCUT2D eigenvalue weighted by atomic mass is 10.0. The summed E-state index contributed by atoms with van der Waals surface area (Å²) in [5, 5.41) is 10.0. The Balaban J connectivity index is 1.91. The van der Waals surface area contributed by atoms with E-state index in [4.69, 9.17) is 4.74 Å². The van der Waals surface area contributed by atoms with Crippen LogP contribution in [0.1, 0.15) is 29.2 Å². The van der Waals surface area contributed by atoms with E-state index in [9.17, 15) is 14.7 Å². The number of phenolic OH excluding ortho intramolecular Hbond substituents is 1. The van der Waals surface area contributed by atoms with Gasteiger partial charge in [0.2, 0.25) is 0 Å². The minimum atomic E-state index is -0.320. The summed E-state index contributed by atoms with van der Waals surface area (Å²) in [6.07, 6.45) is 3.81. The number of imide groups is 1. The molecular weight excluding hydrogens is 386 g/mol. The van der Waals surface area contributed by atoms with E-state index < -0.39 is 0 Å². The van der Waals surface area contributed by atoms with Crippen molar-refractivity contribution in [3.8, 4) is 11.5 Å². The van der Waals surface area contributed by atoms with Gasteiger partial charge in [0.05, 0.1) is 18.1 Å². The van der Waals surface area contributed by atoms with Crippen molar-refractivity contribution in [2.75, 3.05) is 6.61 Å². The number of carbonyl (C=O) groups is 2. The van der Waals surface area contributed by atoms with E-state index in [-0.39, 0.29) is 23.4 Å². The van der Waals surface area contributed by atoms with Crippen LogP contribution in [0.25, 0.3) is 6.08 Å². The fourth-order valence-electron chi connectivity index (χ4n) is 3.09. The van der Waals surface area contributed by atoms with E-state index in [1.54, 1.807) is 24.3 Å². The summed E-state index contributed by atoms with van der Waals surface area (Å²) < 4.78 is 5.51. The van der Waals surface area contributed by atoms with Gasteiger partial charge >= 0.3 is 0 Å². The summed E-state index contributed by atoms with van der Waals surface area (Å²) >= 11 is 0.919. The van der Waals surface area contributed by atoms with E-state index in [1.807, 2.05) is 38.1 Å². The monoisotopic (exact) mass is 409 g/mol. The van der Waals surface area contributed by atoms with Crippen LogP contribution in [0, 0.1) is 6.92 Å². The van der Waals surface area contributed by atoms with Crippen LogP contribution < -0.4 is 4.74 Å². The van der Waals surface area contributed by atoms with Crippen molar-refractivity contribution in [1.82, 2.24) is 4.90 Å². The second-order valence-electron chi connectivity index (χ2n) is 6.65. The zero-order valence-electron chi connectivity index (χ0n) is 16.5. The molecule has 0 bridgehead atoms. The van der Waals surface area contributed by atoms with Crippen molar-refractivity contribution in [3.63, 3.8) is 0 Å². The Morgan fingerprint density at radius 2 is 1.97 bits per heavy atom. The number of allylic oxidation sites excluding steroid dienone is 1. The summed E-state index contributed by atoms with van der Waals surface area (Å²) in [5.41, 5.74) is 3.30. The molecule has 0 atom stereocenters. The molecular formula is C23H23NO4S. The minimum absolute atomic E-state index is 0.0663. The number of amides is 2. The van der Waals surface area contributed by atoms with E-state index in [2.05, 4.69) is 6.58 Å². The molecule has 3 rings (SSSR count). The number of phenols is 1. The fraction of sp³-hybridized carbons (Fsp3) is 0.217. The van der Waals surface area contributed by atoms with Crippen LogP contribution in [0.5, 0.6) is 11.5 Å². The third kappa shape index (κ3) is 4.54. The lowest BCUT2D eigenvalue weighted by Crippen LogP contribution is -2.27. The topological polar surface area (TPSA) is 66.8 Å². The molecule has 1 fully saturated rings. The molecule has 2 aromatic rings. The number of ether oxygens (including phenoxy) is 1. The summed E-state index contributed by atoms with van der Waals surface area (Å²) in [7, 11) is 0. The van der Waals surface area contributed by atoms with Crippen molar-refractivity contribution in [3.05, 3.63) is 76.2 Å². The SMILES string of the molecule is C=CCc1cc(/C=C2\SC(=O)N(Cc3ccccc3C)C2=O)cc(OCC)c1O. The first-order chi connectivity index (χ1) is 13.9. The number of carbonyl (C=O) groups excluding carboxylic acids is 2. The smallest absolute Gasteiger partial charge is 0.293 e. The van der Waals surface area contributed by atoms with Gasteiger partial charge < -0.3 is 9.84 Å². The predicted molar refractivity (Wildman–Crippen MR) is 116 cm³/mol. The normalized spacial score (nSPS) is 15.2. The number of hydrogen-bond acceptors (Lipinski definition) is 5. The van der Waals surface area contributed by atoms with Crippen LogP contribution >= 0.6 is 11.8 Å². The predicted octanol–water partition coefficient (Wildman–Crippen LogP) is 5.06. The van der Waals surface area contributed by atoms with Gasteiger partial charge in [0, 0.05) is 5.56 Å². The van der Waals surface area contributed by atoms with Crippen LogP contribution in [0.3, 0.4) is 0 Å². The zero-order chi connectivity index (χ0) is 21.0. The second-order valence-corrected chi connectivity index (χ2v) is 7.64. The number of nitrogens with zero attached hydrogens (tertiary/aromatic N) is 1. The van der Waals surface area contributed by atoms with Crippen LogP contribution in [-0.2, 0) is 17.8 Å². The van der Waals surface area contributed by atoms with E-state index in [0.29, 0.717) is 34.8 Å². The molecule has 0 aliphatic carbocycles. The highest BCUT2D eigenvalue weighted by Gasteiger charge is 2.35. The molecule has 0 saturated carbocycles. The molecule has 1 heterocycles. The highest BCUT2D eigenvalue weighted by molar-refractivity contribution is 8.18. The Kier molecular flexibility index (Phi) is 6.44. The molecule has 0 radical (unpaired) electrons. The van der Waals surface area contributed by atoms with Crippen molar-refractivity contribution in [2.45, 2.75) is 26.8 Å². The third-order valence-electron chi connectivity index (χ3n) is 4.60. The van der Waals surface area contributed by atoms with E-state index >= 15 is 0 Å². The van der Waals surface area contributed by atoms with Gasteiger partial charge in [0.25, 0.3) is 11.1 Å². The first-order valence-electron chi connectivity index (χ1n) is 9.34. The second kappa shape index (κ2) is 9.01. The van der Waals surface area contributed by atoms with Crippen molar-refractivity contribution >= 4 is 29.0 Å². The zero-order valence-corrected chi connectivity index (χ0v) is 17.3. The molecule has 5 nitrogen and oxygen atoms in total. The number of benzene rings is 2. The largest absolute Gasteiger partial charge is 0.504 e. The Bertz CT molecular complexity index is 996. The van der Waals surface area contributed by atoms with E-state index in [1.165, 1.54) is 4.90 Å². The number of rotatable bonds is 7. The Morgan fingerprint density at radius 1 is 1.21 bits per heavy atom. The van der Waals surface area contributed by atoms with Gasteiger partial charge in [-0.1, -0.05) is 30.3 Å². The summed E-state index contributed by atoms with van der Waals surface area (Å²) in [6.45, 7) is 8.14. The molecule has 29 heavy (non-hydrogen) atoms. The fourth-order valence-corrected chi connectivity index (χ4v) is 3.93. The highest BCUT2D eigenvalue weighted by atomic mass is 32.2. The first-order valence-corrected chi connectivity index (χ1v) is 10.2. The van der Waals surface area contributed by atoms with Crippen LogP contribution in [-0.4, -0.2) is 27.8 Å². The first kappa shape index (κ1) is 20.7. The van der Waals surface area contributed by atoms with Crippen molar-refractivity contribution in [1.29, 1.82) is 0 Å². The highest BCUT2D eigenvalue weighted by Crippen LogP contribution is 2.37. The van der Waals surface area contributed by atoms with Gasteiger partial charge in [-0.25, -0.2) is 0 Å². The van der Waals surface area contributed by atoms with Gasteiger partial charge in [-0.05, 0) is 66.9 Å². The van der Waals surface area contributed by atoms with Crippen molar-refractivity contribution in [2.24, 2.45) is 0 Å². The maximum absolute atomic E-state index is 12.8. The molecule has 1 saturated heterocycles. The molecule has 150 valence electrons. The maximum Gasteiger partial charge on any atom is 0.293 e. The molecule has 2 aromatic carbocycles. The molecule has 1 N–H and O–H groups in total. The number of thioether (sulfide) groups is 1. The lowest BCUT2D eigenvalue weighted by molar-refractivity contribution is -0.123. The van der Waals surface area contributed by atoms with Gasteiger partial charge in [-0.3, -0.25) is 14.5 Å². The Hall–Kier alpha value is -2.99. The summed E-state index contributed by atoms with van der Waals surface area (Å²) in [5.74, 6) is 0.0911. The molecule has 0 aromatic heterocycles. The molecule has 0 spiro atoms. The molecule has 6 heteroatoms. The molecule has 2 amide bonds. The van der Waals surface area contributed by atoms with E-state index in [0.717, 1.165) is 22.9 Å². The van der Waals surface area contributed by atoms with Crippen LogP contribution in [0.15, 0.2) is 54.0 Å². The summed E-state index contributed by atoms with van der Waals surface area (Å²) in [6, 6.07) is 11.1. The quantitative estimate of drug-likeness (QED) is 0.511. The Labute approximate surface area is 174 Å². The van der Waals surface area contributed by atoms with Gasteiger partial charge in [-0.2, -0.15) is 0 Å². The number of aromatic hydroxyl groups is 1. The number of hydrogen-bond donors (Lipinski definition) is 1. The molecule has 0 unspecified atom stereocenters. The van der Waals surface area contributed by atoms with Gasteiger partial charge in [-0.15, -0.1) is 6.58 Å². The number of aryl methyl sites for hydroxylation is 1. The molecule has 1 aliphatic rings. The van der Waals surface area contributed by atoms with Gasteiger partial charge in [0.15, 0.2) is 11.5 Å². The van der Waals surface area contributed by atoms with Crippen LogP contribution in [0.4, 0.5) is 4.79 Å². The third-order valence-corrected chi connectivity index (χ3v) is 5.51. The standard InChI is InChI=1S/C23H23NO4S/c1-4-8-17-11-16(12-19(21(17)25)28-5-2)13-20-22(26)24(23(27)29-20)14-18-10-7-6-9-15(18)3/h4,6-7,9-13,25H,1,5,8,14H2,2-3H3/b20-13-. The van der Waals surface area contributed by atoms with Crippen molar-refractivity contribution < 1.29 is 19.4 Å². The molecule has 1 aliphatic heterocycles. The maximum atomic E-state index is 12.8. The summed E-state index contributed by atoms with van der Waals surface area (Å²) in [4.78, 5) is 26.9. The Morgan fingerprint density at radius 3 is 2.66 bits per heavy atom. The van der Waals surface area contributed by atoms with Gasteiger partial charge in [0.1, 0.15) is 0 Å². The average Bonchev–Trinajstić information content (AvgIpc) is 2.95. The average molecular weight is 410 g/mol. The van der Waals surface area contributed by atoms with Crippen LogP contribution in [0.2, 0.25) is 0 Å².